The average molecular weight is 390 g/mol. The summed E-state index contributed by atoms with van der Waals surface area (Å²) in [6.07, 6.45) is 0. The number of nitrogens with zero attached hydrogens (tertiary/aromatic N) is 2. The first-order valence-electron chi connectivity index (χ1n) is 8.85. The van der Waals surface area contributed by atoms with E-state index in [1.54, 1.807) is 14.2 Å². The molecule has 1 aliphatic heterocycles. The van der Waals surface area contributed by atoms with Crippen molar-refractivity contribution in [2.45, 2.75) is 6.54 Å². The molecule has 0 saturated carbocycles. The van der Waals surface area contributed by atoms with Gasteiger partial charge in [-0.05, 0) is 35.9 Å². The highest BCUT2D eigenvalue weighted by Gasteiger charge is 2.23. The number of halogens is 1. The topological polar surface area (TPSA) is 54.0 Å². The molecule has 144 valence electrons. The van der Waals surface area contributed by atoms with Crippen LogP contribution < -0.4 is 19.7 Å². The SMILES string of the molecule is COc1ccc(CNC(=O)N2CCN(c3cc(Cl)ccc3OC)CC2)cc1. The molecule has 2 aromatic carbocycles. The molecule has 1 saturated heterocycles. The number of ether oxygens (including phenoxy) is 2. The van der Waals surface area contributed by atoms with Gasteiger partial charge in [0.05, 0.1) is 19.9 Å². The lowest BCUT2D eigenvalue weighted by Gasteiger charge is -2.36. The molecule has 0 bridgehead atoms. The van der Waals surface area contributed by atoms with Crippen molar-refractivity contribution < 1.29 is 14.3 Å². The summed E-state index contributed by atoms with van der Waals surface area (Å²) in [7, 11) is 3.28. The van der Waals surface area contributed by atoms with Crippen molar-refractivity contribution in [3.8, 4) is 11.5 Å². The Morgan fingerprint density at radius 3 is 2.37 bits per heavy atom. The van der Waals surface area contributed by atoms with Gasteiger partial charge in [-0.15, -0.1) is 0 Å². The van der Waals surface area contributed by atoms with Gasteiger partial charge in [0.15, 0.2) is 0 Å². The monoisotopic (exact) mass is 389 g/mol. The van der Waals surface area contributed by atoms with Gasteiger partial charge in [-0.25, -0.2) is 4.79 Å². The minimum atomic E-state index is -0.0523. The Morgan fingerprint density at radius 2 is 1.74 bits per heavy atom. The van der Waals surface area contributed by atoms with Crippen LogP contribution in [0.1, 0.15) is 5.56 Å². The molecule has 1 aliphatic rings. The second-order valence-electron chi connectivity index (χ2n) is 6.30. The predicted octanol–water partition coefficient (Wildman–Crippen LogP) is 3.39. The zero-order valence-electron chi connectivity index (χ0n) is 15.6. The van der Waals surface area contributed by atoms with Crippen LogP contribution in [-0.2, 0) is 6.54 Å². The number of hydrogen-bond acceptors (Lipinski definition) is 4. The molecule has 7 heteroatoms. The Kier molecular flexibility index (Phi) is 6.29. The molecule has 0 unspecified atom stereocenters. The number of amides is 2. The number of nitrogens with one attached hydrogen (secondary N) is 1. The van der Waals surface area contributed by atoms with E-state index in [4.69, 9.17) is 21.1 Å². The van der Waals surface area contributed by atoms with Crippen molar-refractivity contribution in [2.75, 3.05) is 45.3 Å². The second kappa shape index (κ2) is 8.86. The standard InChI is InChI=1S/C20H24ClN3O3/c1-26-17-6-3-15(4-7-17)14-22-20(25)24-11-9-23(10-12-24)18-13-16(21)5-8-19(18)27-2/h3-8,13H,9-12,14H2,1-2H3,(H,22,25). The average Bonchev–Trinajstić information content (AvgIpc) is 2.72. The van der Waals surface area contributed by atoms with Crippen LogP contribution in [0.3, 0.4) is 0 Å². The van der Waals surface area contributed by atoms with Crippen LogP contribution in [0.5, 0.6) is 11.5 Å². The van der Waals surface area contributed by atoms with E-state index in [0.717, 1.165) is 35.8 Å². The number of hydrogen-bond donors (Lipinski definition) is 1. The zero-order chi connectivity index (χ0) is 19.2. The lowest BCUT2D eigenvalue weighted by atomic mass is 10.2. The molecule has 1 heterocycles. The third-order valence-electron chi connectivity index (χ3n) is 4.65. The van der Waals surface area contributed by atoms with Gasteiger partial charge < -0.3 is 24.6 Å². The minimum Gasteiger partial charge on any atom is -0.497 e. The summed E-state index contributed by atoms with van der Waals surface area (Å²) in [5.74, 6) is 1.59. The van der Waals surface area contributed by atoms with Crippen LogP contribution in [0.4, 0.5) is 10.5 Å². The van der Waals surface area contributed by atoms with E-state index >= 15 is 0 Å². The van der Waals surface area contributed by atoms with Crippen molar-refractivity contribution in [2.24, 2.45) is 0 Å². The van der Waals surface area contributed by atoms with Crippen molar-refractivity contribution in [1.29, 1.82) is 0 Å². The van der Waals surface area contributed by atoms with Gasteiger partial charge in [-0.1, -0.05) is 23.7 Å². The summed E-state index contributed by atoms with van der Waals surface area (Å²) in [6.45, 7) is 3.23. The van der Waals surface area contributed by atoms with Crippen LogP contribution in [0, 0.1) is 0 Å². The zero-order valence-corrected chi connectivity index (χ0v) is 16.3. The smallest absolute Gasteiger partial charge is 0.317 e. The van der Waals surface area contributed by atoms with Gasteiger partial charge in [0.2, 0.25) is 0 Å². The summed E-state index contributed by atoms with van der Waals surface area (Å²) >= 11 is 6.13. The summed E-state index contributed by atoms with van der Waals surface area (Å²) in [4.78, 5) is 16.5. The quantitative estimate of drug-likeness (QED) is 0.851. The minimum absolute atomic E-state index is 0.0523. The van der Waals surface area contributed by atoms with E-state index in [-0.39, 0.29) is 6.03 Å². The molecular weight excluding hydrogens is 366 g/mol. The van der Waals surface area contributed by atoms with E-state index < -0.39 is 0 Å². The highest BCUT2D eigenvalue weighted by Crippen LogP contribution is 2.31. The summed E-state index contributed by atoms with van der Waals surface area (Å²) in [5.41, 5.74) is 2.00. The summed E-state index contributed by atoms with van der Waals surface area (Å²) < 4.78 is 10.6. The number of benzene rings is 2. The Bertz CT molecular complexity index is 775. The van der Waals surface area contributed by atoms with Crippen molar-refractivity contribution in [1.82, 2.24) is 10.2 Å². The molecular formula is C20H24ClN3O3. The molecule has 6 nitrogen and oxygen atoms in total. The van der Waals surface area contributed by atoms with E-state index in [1.807, 2.05) is 47.4 Å². The normalized spacial score (nSPS) is 14.0. The summed E-state index contributed by atoms with van der Waals surface area (Å²) in [6, 6.07) is 13.2. The van der Waals surface area contributed by atoms with Crippen molar-refractivity contribution in [3.63, 3.8) is 0 Å². The van der Waals surface area contributed by atoms with Gasteiger partial charge in [0.1, 0.15) is 11.5 Å². The first-order valence-corrected chi connectivity index (χ1v) is 9.22. The molecule has 0 spiro atoms. The summed E-state index contributed by atoms with van der Waals surface area (Å²) in [5, 5.41) is 3.65. The Labute approximate surface area is 164 Å². The number of carbonyl (C=O) groups excluding carboxylic acids is 1. The fourth-order valence-corrected chi connectivity index (χ4v) is 3.26. The van der Waals surface area contributed by atoms with Crippen LogP contribution in [0.2, 0.25) is 5.02 Å². The Morgan fingerprint density at radius 1 is 1.04 bits per heavy atom. The molecule has 3 rings (SSSR count). The van der Waals surface area contributed by atoms with Gasteiger partial charge in [-0.2, -0.15) is 0 Å². The molecule has 0 atom stereocenters. The molecule has 0 radical (unpaired) electrons. The molecule has 2 aromatic rings. The number of piperazine rings is 1. The lowest BCUT2D eigenvalue weighted by molar-refractivity contribution is 0.194. The van der Waals surface area contributed by atoms with E-state index in [1.165, 1.54) is 0 Å². The fraction of sp³-hybridized carbons (Fsp3) is 0.350. The molecule has 27 heavy (non-hydrogen) atoms. The van der Waals surface area contributed by atoms with E-state index in [2.05, 4.69) is 10.2 Å². The lowest BCUT2D eigenvalue weighted by Crippen LogP contribution is -2.51. The van der Waals surface area contributed by atoms with Gasteiger partial charge >= 0.3 is 6.03 Å². The van der Waals surface area contributed by atoms with Crippen molar-refractivity contribution >= 4 is 23.3 Å². The molecule has 0 aliphatic carbocycles. The van der Waals surface area contributed by atoms with Crippen LogP contribution >= 0.6 is 11.6 Å². The van der Waals surface area contributed by atoms with Gasteiger partial charge in [0, 0.05) is 37.7 Å². The second-order valence-corrected chi connectivity index (χ2v) is 6.73. The third kappa shape index (κ3) is 4.77. The molecule has 2 amide bonds. The molecule has 0 aromatic heterocycles. The van der Waals surface area contributed by atoms with Crippen LogP contribution in [-0.4, -0.2) is 51.3 Å². The maximum Gasteiger partial charge on any atom is 0.317 e. The Hall–Kier alpha value is -2.60. The number of carbonyl (C=O) groups is 1. The van der Waals surface area contributed by atoms with Gasteiger partial charge in [-0.3, -0.25) is 0 Å². The third-order valence-corrected chi connectivity index (χ3v) is 4.89. The number of urea groups is 1. The van der Waals surface area contributed by atoms with Crippen molar-refractivity contribution in [3.05, 3.63) is 53.1 Å². The van der Waals surface area contributed by atoms with Gasteiger partial charge in [0.25, 0.3) is 0 Å². The Balaban J connectivity index is 1.52. The fourth-order valence-electron chi connectivity index (χ4n) is 3.09. The van der Waals surface area contributed by atoms with E-state index in [0.29, 0.717) is 24.7 Å². The maximum atomic E-state index is 12.4. The number of rotatable bonds is 5. The van der Waals surface area contributed by atoms with Crippen LogP contribution in [0.25, 0.3) is 0 Å². The largest absolute Gasteiger partial charge is 0.497 e. The molecule has 1 fully saturated rings. The first kappa shape index (κ1) is 19.2. The van der Waals surface area contributed by atoms with Crippen LogP contribution in [0.15, 0.2) is 42.5 Å². The highest BCUT2D eigenvalue weighted by atomic mass is 35.5. The molecule has 1 N–H and O–H groups in total. The predicted molar refractivity (Wildman–Crippen MR) is 107 cm³/mol. The first-order chi connectivity index (χ1) is 13.1. The number of anilines is 1. The maximum absolute atomic E-state index is 12.4. The highest BCUT2D eigenvalue weighted by molar-refractivity contribution is 6.30. The van der Waals surface area contributed by atoms with E-state index in [9.17, 15) is 4.79 Å². The number of methoxy groups -OCH3 is 2.